The second-order valence-corrected chi connectivity index (χ2v) is 11.3. The molecular weight excluding hydrogens is 510 g/mol. The van der Waals surface area contributed by atoms with Crippen LogP contribution in [-0.2, 0) is 18.4 Å². The first-order valence-electron chi connectivity index (χ1n) is 13.9. The van der Waals surface area contributed by atoms with Crippen molar-refractivity contribution in [1.29, 1.82) is 0 Å². The van der Waals surface area contributed by atoms with Gasteiger partial charge in [0.2, 0.25) is 0 Å². The fraction of sp³-hybridized carbons (Fsp3) is 0.235. The third-order valence-electron chi connectivity index (χ3n) is 7.12. The summed E-state index contributed by atoms with van der Waals surface area (Å²) < 4.78 is 7.97. The molecule has 0 spiro atoms. The van der Waals surface area contributed by atoms with E-state index in [9.17, 15) is 4.79 Å². The zero-order valence-corrected chi connectivity index (χ0v) is 24.3. The molecule has 41 heavy (non-hydrogen) atoms. The Balaban J connectivity index is 1.37. The number of urea groups is 1. The zero-order valence-electron chi connectivity index (χ0n) is 24.3. The van der Waals surface area contributed by atoms with Crippen LogP contribution in [0.25, 0.3) is 16.5 Å². The second-order valence-electron chi connectivity index (χ2n) is 11.3. The molecule has 0 unspecified atom stereocenters. The highest BCUT2D eigenvalue weighted by atomic mass is 16.5. The van der Waals surface area contributed by atoms with Gasteiger partial charge in [-0.2, -0.15) is 5.10 Å². The summed E-state index contributed by atoms with van der Waals surface area (Å²) in [5, 5.41) is 12.6. The van der Waals surface area contributed by atoms with Gasteiger partial charge in [-0.15, -0.1) is 0 Å². The van der Waals surface area contributed by atoms with Crippen molar-refractivity contribution in [3.8, 4) is 11.4 Å². The van der Waals surface area contributed by atoms with Crippen LogP contribution in [-0.4, -0.2) is 15.8 Å². The van der Waals surface area contributed by atoms with Gasteiger partial charge in [0.15, 0.2) is 0 Å². The van der Waals surface area contributed by atoms with E-state index in [0.717, 1.165) is 56.7 Å². The topological polar surface area (TPSA) is 94.2 Å². The quantitative estimate of drug-likeness (QED) is 0.180. The van der Waals surface area contributed by atoms with Crippen LogP contribution >= 0.6 is 0 Å². The van der Waals surface area contributed by atoms with Crippen molar-refractivity contribution in [1.82, 2.24) is 9.78 Å². The van der Waals surface area contributed by atoms with Crippen molar-refractivity contribution in [3.05, 3.63) is 107 Å². The number of carbonyl (C=O) groups is 1. The molecule has 0 fully saturated rings. The van der Waals surface area contributed by atoms with E-state index >= 15 is 0 Å². The van der Waals surface area contributed by atoms with Gasteiger partial charge in [-0.1, -0.05) is 81.8 Å². The Morgan fingerprint density at radius 2 is 1.66 bits per heavy atom. The first-order valence-corrected chi connectivity index (χ1v) is 13.9. The number of ether oxygens (including phenoxy) is 1. The molecule has 2 amide bonds. The minimum absolute atomic E-state index is 0.182. The van der Waals surface area contributed by atoms with Gasteiger partial charge in [-0.3, -0.25) is 5.32 Å². The Bertz CT molecular complexity index is 1700. The van der Waals surface area contributed by atoms with Gasteiger partial charge in [-0.05, 0) is 54.8 Å². The van der Waals surface area contributed by atoms with E-state index in [2.05, 4.69) is 38.3 Å². The fourth-order valence-electron chi connectivity index (χ4n) is 4.71. The number of aromatic nitrogens is 2. The number of anilines is 3. The van der Waals surface area contributed by atoms with E-state index in [1.165, 1.54) is 0 Å². The number of rotatable bonds is 7. The lowest BCUT2D eigenvalue weighted by Crippen LogP contribution is -2.21. The standard InChI is InChI=1S/C34H37N5O2/c1-6-24-14-13-23(19-28(24)35)21-41-30-18-17-29(26-9-7-8-10-27(26)30)36-33(40)37-32-20-31(34(3,4)5)38-39(32)25-15-11-22(2)12-16-25/h7-20H,6,21,35H2,1-5H3,(H2,36,37,40). The molecule has 1 aromatic heterocycles. The minimum atomic E-state index is -0.357. The summed E-state index contributed by atoms with van der Waals surface area (Å²) in [6, 6.07) is 27.3. The third-order valence-corrected chi connectivity index (χ3v) is 7.12. The zero-order chi connectivity index (χ0) is 29.1. The number of nitrogen functional groups attached to an aromatic ring is 1. The summed E-state index contributed by atoms with van der Waals surface area (Å²) in [7, 11) is 0. The highest BCUT2D eigenvalue weighted by molar-refractivity contribution is 6.07. The monoisotopic (exact) mass is 547 g/mol. The second kappa shape index (κ2) is 11.4. The SMILES string of the molecule is CCc1ccc(COc2ccc(NC(=O)Nc3cc(C(C)(C)C)nn3-c3ccc(C)cc3)c3ccccc23)cc1N. The number of fused-ring (bicyclic) bond motifs is 1. The van der Waals surface area contributed by atoms with E-state index in [1.54, 1.807) is 4.68 Å². The molecule has 4 aromatic carbocycles. The van der Waals surface area contributed by atoms with Gasteiger partial charge in [0.1, 0.15) is 18.2 Å². The highest BCUT2D eigenvalue weighted by Gasteiger charge is 2.22. The fourth-order valence-corrected chi connectivity index (χ4v) is 4.71. The summed E-state index contributed by atoms with van der Waals surface area (Å²) in [6.45, 7) is 10.8. The van der Waals surface area contributed by atoms with E-state index in [1.807, 2.05) is 91.9 Å². The van der Waals surface area contributed by atoms with Crippen LogP contribution in [0.4, 0.5) is 22.0 Å². The number of amides is 2. The van der Waals surface area contributed by atoms with Crippen LogP contribution in [0.2, 0.25) is 0 Å². The molecule has 5 aromatic rings. The molecular formula is C34H37N5O2. The first-order chi connectivity index (χ1) is 19.6. The Morgan fingerprint density at radius 1 is 0.927 bits per heavy atom. The molecule has 4 N–H and O–H groups in total. The summed E-state index contributed by atoms with van der Waals surface area (Å²) in [5.41, 5.74) is 12.5. The highest BCUT2D eigenvalue weighted by Crippen LogP contribution is 2.33. The van der Waals surface area contributed by atoms with Crippen molar-refractivity contribution in [2.45, 2.75) is 53.1 Å². The molecule has 7 nitrogen and oxygen atoms in total. The van der Waals surface area contributed by atoms with Gasteiger partial charge in [0, 0.05) is 27.9 Å². The number of nitrogens with one attached hydrogen (secondary N) is 2. The lowest BCUT2D eigenvalue weighted by molar-refractivity contribution is 0.262. The van der Waals surface area contributed by atoms with E-state index in [0.29, 0.717) is 18.1 Å². The molecule has 0 aliphatic heterocycles. The number of benzene rings is 4. The largest absolute Gasteiger partial charge is 0.488 e. The number of aryl methyl sites for hydroxylation is 2. The Kier molecular flexibility index (Phi) is 7.70. The molecule has 0 saturated heterocycles. The first kappa shape index (κ1) is 27.8. The number of carbonyl (C=O) groups excluding carboxylic acids is 1. The summed E-state index contributed by atoms with van der Waals surface area (Å²) >= 11 is 0. The Hall–Kier alpha value is -4.78. The molecule has 0 aliphatic carbocycles. The average molecular weight is 548 g/mol. The maximum absolute atomic E-state index is 13.3. The van der Waals surface area contributed by atoms with Crippen LogP contribution in [0.3, 0.4) is 0 Å². The Labute approximate surface area is 241 Å². The van der Waals surface area contributed by atoms with Crippen LogP contribution in [0, 0.1) is 6.92 Å². The van der Waals surface area contributed by atoms with Crippen molar-refractivity contribution < 1.29 is 9.53 Å². The summed E-state index contributed by atoms with van der Waals surface area (Å²) in [5.74, 6) is 1.32. The minimum Gasteiger partial charge on any atom is -0.488 e. The lowest BCUT2D eigenvalue weighted by Gasteiger charge is -2.15. The van der Waals surface area contributed by atoms with Crippen molar-refractivity contribution in [3.63, 3.8) is 0 Å². The van der Waals surface area contributed by atoms with Crippen molar-refractivity contribution >= 4 is 34.0 Å². The van der Waals surface area contributed by atoms with Crippen molar-refractivity contribution in [2.75, 3.05) is 16.4 Å². The van der Waals surface area contributed by atoms with E-state index in [4.69, 9.17) is 15.6 Å². The van der Waals surface area contributed by atoms with Crippen LogP contribution in [0.1, 0.15) is 50.1 Å². The van der Waals surface area contributed by atoms with Gasteiger partial charge in [0.25, 0.3) is 0 Å². The molecule has 0 radical (unpaired) electrons. The third kappa shape index (κ3) is 6.19. The molecule has 0 aliphatic rings. The predicted octanol–water partition coefficient (Wildman–Crippen LogP) is 8.00. The van der Waals surface area contributed by atoms with E-state index in [-0.39, 0.29) is 11.4 Å². The number of nitrogens with zero attached hydrogens (tertiary/aromatic N) is 2. The Morgan fingerprint density at radius 3 is 2.34 bits per heavy atom. The summed E-state index contributed by atoms with van der Waals surface area (Å²) in [6.07, 6.45) is 0.895. The molecule has 0 saturated carbocycles. The average Bonchev–Trinajstić information content (AvgIpc) is 3.37. The normalized spacial score (nSPS) is 11.4. The molecule has 210 valence electrons. The van der Waals surface area contributed by atoms with Gasteiger partial charge in [0.05, 0.1) is 17.1 Å². The van der Waals surface area contributed by atoms with Crippen molar-refractivity contribution in [2.24, 2.45) is 0 Å². The maximum atomic E-state index is 13.3. The number of nitrogens with two attached hydrogens (primary N) is 1. The molecule has 7 heteroatoms. The van der Waals surface area contributed by atoms with Crippen LogP contribution < -0.4 is 21.1 Å². The van der Waals surface area contributed by atoms with Crippen LogP contribution in [0.5, 0.6) is 5.75 Å². The predicted molar refractivity (Wildman–Crippen MR) is 168 cm³/mol. The molecule has 0 bridgehead atoms. The van der Waals surface area contributed by atoms with Gasteiger partial charge in [-0.25, -0.2) is 9.48 Å². The molecule has 5 rings (SSSR count). The van der Waals surface area contributed by atoms with E-state index < -0.39 is 0 Å². The van der Waals surface area contributed by atoms with Crippen LogP contribution in [0.15, 0.2) is 84.9 Å². The smallest absolute Gasteiger partial charge is 0.324 e. The number of hydrogen-bond donors (Lipinski definition) is 3. The molecule has 1 heterocycles. The maximum Gasteiger partial charge on any atom is 0.324 e. The molecule has 0 atom stereocenters. The lowest BCUT2D eigenvalue weighted by atomic mass is 9.92. The summed E-state index contributed by atoms with van der Waals surface area (Å²) in [4.78, 5) is 13.3. The van der Waals surface area contributed by atoms with Gasteiger partial charge < -0.3 is 15.8 Å². The van der Waals surface area contributed by atoms with Gasteiger partial charge >= 0.3 is 6.03 Å². The number of hydrogen-bond acceptors (Lipinski definition) is 4.